The van der Waals surface area contributed by atoms with E-state index in [1.54, 1.807) is 36.3 Å². The number of hydrogen-bond acceptors (Lipinski definition) is 5. The summed E-state index contributed by atoms with van der Waals surface area (Å²) in [5, 5.41) is 17.0. The summed E-state index contributed by atoms with van der Waals surface area (Å²) in [6.07, 6.45) is 6.27. The zero-order valence-corrected chi connectivity index (χ0v) is 10.6. The van der Waals surface area contributed by atoms with E-state index in [-0.39, 0.29) is 0 Å². The molecule has 0 saturated heterocycles. The van der Waals surface area contributed by atoms with Crippen LogP contribution in [0.5, 0.6) is 0 Å². The number of fused-ring (bicyclic) bond motifs is 1. The van der Waals surface area contributed by atoms with Crippen molar-refractivity contribution in [2.24, 2.45) is 7.05 Å². The first-order valence-electron chi connectivity index (χ1n) is 5.95. The molecule has 7 heteroatoms. The van der Waals surface area contributed by atoms with Crippen LogP contribution in [0.2, 0.25) is 0 Å². The fourth-order valence-electron chi connectivity index (χ4n) is 2.02. The minimum Gasteiger partial charge on any atom is -0.479 e. The number of aliphatic carboxylic acids is 1. The van der Waals surface area contributed by atoms with Crippen LogP contribution in [-0.2, 0) is 11.8 Å². The number of aryl methyl sites for hydroxylation is 1. The van der Waals surface area contributed by atoms with E-state index in [0.717, 1.165) is 5.39 Å². The number of anilines is 1. The summed E-state index contributed by atoms with van der Waals surface area (Å²) in [6.45, 7) is 0. The quantitative estimate of drug-likeness (QED) is 0.752. The van der Waals surface area contributed by atoms with Gasteiger partial charge in [-0.15, -0.1) is 0 Å². The van der Waals surface area contributed by atoms with Crippen molar-refractivity contribution >= 4 is 22.8 Å². The molecule has 0 aliphatic carbocycles. The molecule has 7 nitrogen and oxygen atoms in total. The minimum absolute atomic E-state index is 0.465. The van der Waals surface area contributed by atoms with Gasteiger partial charge in [-0.25, -0.2) is 9.78 Å². The molecule has 2 N–H and O–H groups in total. The molecular formula is C13H12N4O3. The second-order valence-electron chi connectivity index (χ2n) is 4.35. The van der Waals surface area contributed by atoms with Crippen molar-refractivity contribution in [3.8, 4) is 0 Å². The Morgan fingerprint density at radius 2 is 2.35 bits per heavy atom. The maximum absolute atomic E-state index is 11.4. The molecule has 0 amide bonds. The number of carbonyl (C=O) groups is 1. The lowest BCUT2D eigenvalue weighted by Crippen LogP contribution is -2.20. The highest BCUT2D eigenvalue weighted by atomic mass is 16.4. The summed E-state index contributed by atoms with van der Waals surface area (Å²) in [5.41, 5.74) is 1.21. The van der Waals surface area contributed by atoms with Crippen molar-refractivity contribution in [2.75, 3.05) is 5.32 Å². The number of pyridine rings is 1. The molecule has 3 aromatic heterocycles. The van der Waals surface area contributed by atoms with Gasteiger partial charge in [0.05, 0.1) is 17.8 Å². The highest BCUT2D eigenvalue weighted by Crippen LogP contribution is 2.25. The monoisotopic (exact) mass is 272 g/mol. The first kappa shape index (κ1) is 12.2. The van der Waals surface area contributed by atoms with Gasteiger partial charge < -0.3 is 14.8 Å². The van der Waals surface area contributed by atoms with Gasteiger partial charge in [-0.05, 0) is 12.1 Å². The summed E-state index contributed by atoms with van der Waals surface area (Å²) in [5.74, 6) is -0.534. The van der Waals surface area contributed by atoms with Crippen LogP contribution >= 0.6 is 0 Å². The fraction of sp³-hybridized carbons (Fsp3) is 0.154. The zero-order valence-electron chi connectivity index (χ0n) is 10.6. The number of nitrogens with zero attached hydrogens (tertiary/aromatic N) is 3. The lowest BCUT2D eigenvalue weighted by atomic mass is 10.1. The third-order valence-corrected chi connectivity index (χ3v) is 2.97. The Labute approximate surface area is 113 Å². The van der Waals surface area contributed by atoms with Crippen LogP contribution in [0, 0.1) is 0 Å². The number of nitrogens with one attached hydrogen (secondary N) is 1. The molecule has 0 fully saturated rings. The average Bonchev–Trinajstić information content (AvgIpc) is 3.04. The Morgan fingerprint density at radius 3 is 3.05 bits per heavy atom. The van der Waals surface area contributed by atoms with E-state index in [1.165, 1.54) is 12.5 Å². The van der Waals surface area contributed by atoms with Crippen LogP contribution in [0.25, 0.3) is 11.0 Å². The molecule has 3 heterocycles. The van der Waals surface area contributed by atoms with Crippen molar-refractivity contribution in [1.29, 1.82) is 0 Å². The Balaban J connectivity index is 1.98. The first-order chi connectivity index (χ1) is 9.65. The van der Waals surface area contributed by atoms with Gasteiger partial charge in [-0.3, -0.25) is 4.68 Å². The highest BCUT2D eigenvalue weighted by Gasteiger charge is 2.22. The first-order valence-corrected chi connectivity index (χ1v) is 5.95. The smallest absolute Gasteiger partial charge is 0.330 e. The number of carboxylic acids is 1. The van der Waals surface area contributed by atoms with Crippen LogP contribution in [0.1, 0.15) is 11.6 Å². The van der Waals surface area contributed by atoms with Gasteiger partial charge in [0, 0.05) is 25.0 Å². The maximum Gasteiger partial charge on any atom is 0.330 e. The van der Waals surface area contributed by atoms with Crippen LogP contribution in [-0.4, -0.2) is 25.8 Å². The van der Waals surface area contributed by atoms with Crippen LogP contribution in [0.4, 0.5) is 5.82 Å². The number of aromatic nitrogens is 3. The van der Waals surface area contributed by atoms with E-state index in [4.69, 9.17) is 4.42 Å². The third-order valence-electron chi connectivity index (χ3n) is 2.97. The molecule has 0 aromatic carbocycles. The number of carboxylic acid groups (broad SMARTS) is 1. The summed E-state index contributed by atoms with van der Waals surface area (Å²) in [7, 11) is 1.73. The van der Waals surface area contributed by atoms with Crippen molar-refractivity contribution < 1.29 is 14.3 Å². The van der Waals surface area contributed by atoms with Crippen LogP contribution in [0.15, 0.2) is 41.4 Å². The Morgan fingerprint density at radius 1 is 1.50 bits per heavy atom. The van der Waals surface area contributed by atoms with Crippen molar-refractivity contribution in [2.45, 2.75) is 6.04 Å². The Bertz CT molecular complexity index is 762. The molecule has 0 saturated carbocycles. The van der Waals surface area contributed by atoms with E-state index < -0.39 is 12.0 Å². The average molecular weight is 272 g/mol. The van der Waals surface area contributed by atoms with Crippen LogP contribution in [0.3, 0.4) is 0 Å². The van der Waals surface area contributed by atoms with Crippen LogP contribution < -0.4 is 5.32 Å². The molecule has 20 heavy (non-hydrogen) atoms. The lowest BCUT2D eigenvalue weighted by Gasteiger charge is -2.13. The molecule has 3 rings (SSSR count). The maximum atomic E-state index is 11.4. The largest absolute Gasteiger partial charge is 0.479 e. The standard InChI is InChI=1S/C13H12N4O3/c1-17-7-8(6-15-17)11(13(18)19)16-12-9-3-5-20-10(9)2-4-14-12/h2-7,11H,1H3,(H,14,16)(H,18,19). The number of furan rings is 1. The molecule has 0 radical (unpaired) electrons. The Kier molecular flexibility index (Phi) is 2.86. The molecule has 3 aromatic rings. The fourth-order valence-corrected chi connectivity index (χ4v) is 2.02. The normalized spacial score (nSPS) is 12.4. The molecule has 0 bridgehead atoms. The molecule has 0 spiro atoms. The summed E-state index contributed by atoms with van der Waals surface area (Å²) in [6, 6.07) is 2.55. The van der Waals surface area contributed by atoms with Gasteiger partial charge >= 0.3 is 5.97 Å². The van der Waals surface area contributed by atoms with Crippen molar-refractivity contribution in [3.05, 3.63) is 42.5 Å². The number of hydrogen-bond donors (Lipinski definition) is 2. The minimum atomic E-state index is -1.000. The third kappa shape index (κ3) is 2.09. The topological polar surface area (TPSA) is 93.2 Å². The Hall–Kier alpha value is -2.83. The molecular weight excluding hydrogens is 260 g/mol. The second kappa shape index (κ2) is 4.69. The summed E-state index contributed by atoms with van der Waals surface area (Å²) < 4.78 is 6.82. The molecule has 1 unspecified atom stereocenters. The van der Waals surface area contributed by atoms with Gasteiger partial charge in [-0.1, -0.05) is 0 Å². The van der Waals surface area contributed by atoms with E-state index in [2.05, 4.69) is 15.4 Å². The van der Waals surface area contributed by atoms with Gasteiger partial charge in [0.1, 0.15) is 11.4 Å². The summed E-state index contributed by atoms with van der Waals surface area (Å²) >= 11 is 0. The second-order valence-corrected chi connectivity index (χ2v) is 4.35. The van der Waals surface area contributed by atoms with E-state index >= 15 is 0 Å². The van der Waals surface area contributed by atoms with Gasteiger partial charge in [0.25, 0.3) is 0 Å². The highest BCUT2D eigenvalue weighted by molar-refractivity contribution is 5.90. The number of rotatable bonds is 4. The van der Waals surface area contributed by atoms with Crippen molar-refractivity contribution in [3.63, 3.8) is 0 Å². The predicted octanol–water partition coefficient (Wildman–Crippen LogP) is 1.80. The van der Waals surface area contributed by atoms with Gasteiger partial charge in [-0.2, -0.15) is 5.10 Å². The van der Waals surface area contributed by atoms with E-state index in [0.29, 0.717) is 17.0 Å². The molecule has 1 atom stereocenters. The van der Waals surface area contributed by atoms with Crippen molar-refractivity contribution in [1.82, 2.24) is 14.8 Å². The van der Waals surface area contributed by atoms with E-state index in [9.17, 15) is 9.90 Å². The zero-order chi connectivity index (χ0) is 14.1. The SMILES string of the molecule is Cn1cc(C(Nc2nccc3occc23)C(=O)O)cn1. The van der Waals surface area contributed by atoms with E-state index in [1.807, 2.05) is 0 Å². The van der Waals surface area contributed by atoms with Gasteiger partial charge in [0.2, 0.25) is 0 Å². The predicted molar refractivity (Wildman–Crippen MR) is 71.2 cm³/mol. The lowest BCUT2D eigenvalue weighted by molar-refractivity contribution is -0.138. The molecule has 102 valence electrons. The molecule has 0 aliphatic heterocycles. The summed E-state index contributed by atoms with van der Waals surface area (Å²) in [4.78, 5) is 15.6. The van der Waals surface area contributed by atoms with Gasteiger partial charge in [0.15, 0.2) is 6.04 Å². The molecule has 0 aliphatic rings.